The van der Waals surface area contributed by atoms with E-state index in [-0.39, 0.29) is 0 Å². The van der Waals surface area contributed by atoms with Crippen LogP contribution in [0, 0.1) is 0 Å². The number of hydrogen-bond donors (Lipinski definition) is 1. The van der Waals surface area contributed by atoms with Crippen molar-refractivity contribution in [3.63, 3.8) is 0 Å². The van der Waals surface area contributed by atoms with Crippen molar-refractivity contribution in [2.24, 2.45) is 0 Å². The van der Waals surface area contributed by atoms with Gasteiger partial charge in [-0.25, -0.2) is 0 Å². The molecule has 0 heterocycles. The average Bonchev–Trinajstić information content (AvgIpc) is 1.81. The van der Waals surface area contributed by atoms with Crippen LogP contribution in [0.25, 0.3) is 0 Å². The smallest absolute Gasteiger partial charge is 0.0348 e. The zero-order valence-electron chi connectivity index (χ0n) is 5.41. The van der Waals surface area contributed by atoms with E-state index < -0.39 is 0 Å². The minimum Gasteiger partial charge on any atom is -0.316 e. The van der Waals surface area contributed by atoms with Gasteiger partial charge in [0.1, 0.15) is 0 Å². The molecule has 0 aliphatic carbocycles. The largest absolute Gasteiger partial charge is 0.316 e. The predicted molar refractivity (Wildman–Crippen MR) is 38.5 cm³/mol. The van der Waals surface area contributed by atoms with E-state index in [0.717, 1.165) is 19.0 Å². The molecule has 0 bridgehead atoms. The Morgan fingerprint density at radius 3 is 2.62 bits per heavy atom. The molecule has 0 aromatic rings. The second-order valence-electron chi connectivity index (χ2n) is 1.79. The van der Waals surface area contributed by atoms with Gasteiger partial charge in [-0.15, -0.1) is 11.6 Å². The van der Waals surface area contributed by atoms with Gasteiger partial charge in [0.2, 0.25) is 0 Å². The Labute approximate surface area is 56.4 Å². The van der Waals surface area contributed by atoms with Gasteiger partial charge in [-0.3, -0.25) is 0 Å². The Bertz CT molecular complexity index is 33.5. The Morgan fingerprint density at radius 1 is 1.38 bits per heavy atom. The number of hydrogen-bond acceptors (Lipinski definition) is 1. The minimum atomic E-state index is 0.726. The zero-order chi connectivity index (χ0) is 6.24. The van der Waals surface area contributed by atoms with E-state index in [1.54, 1.807) is 0 Å². The lowest BCUT2D eigenvalue weighted by molar-refractivity contribution is 0.665. The van der Waals surface area contributed by atoms with Gasteiger partial charge in [0.15, 0.2) is 0 Å². The first-order valence-corrected chi connectivity index (χ1v) is 3.72. The first kappa shape index (κ1) is 8.25. The third-order valence-corrected chi connectivity index (χ3v) is 1.17. The molecular formula is C6H14ClN. The fourth-order valence-electron chi connectivity index (χ4n) is 0.494. The Balaban J connectivity index is 2.53. The molecule has 0 fully saturated rings. The average molecular weight is 136 g/mol. The van der Waals surface area contributed by atoms with E-state index in [1.807, 2.05) is 0 Å². The highest BCUT2D eigenvalue weighted by Gasteiger charge is 1.81. The number of halogens is 1. The van der Waals surface area contributed by atoms with Gasteiger partial charge in [0, 0.05) is 12.4 Å². The molecule has 0 rings (SSSR count). The molecule has 0 spiro atoms. The first-order valence-electron chi connectivity index (χ1n) is 3.18. The van der Waals surface area contributed by atoms with Crippen LogP contribution in [-0.4, -0.2) is 19.0 Å². The molecule has 0 atom stereocenters. The quantitative estimate of drug-likeness (QED) is 0.446. The van der Waals surface area contributed by atoms with E-state index in [2.05, 4.69) is 12.2 Å². The minimum absolute atomic E-state index is 0.726. The Kier molecular flexibility index (Phi) is 7.48. The van der Waals surface area contributed by atoms with E-state index >= 15 is 0 Å². The topological polar surface area (TPSA) is 12.0 Å². The van der Waals surface area contributed by atoms with Gasteiger partial charge >= 0.3 is 0 Å². The van der Waals surface area contributed by atoms with Gasteiger partial charge in [0.05, 0.1) is 0 Å². The summed E-state index contributed by atoms with van der Waals surface area (Å²) in [6, 6.07) is 0. The molecule has 0 amide bonds. The summed E-state index contributed by atoms with van der Waals surface area (Å²) in [5, 5.41) is 3.20. The molecule has 1 nitrogen and oxygen atoms in total. The lowest BCUT2D eigenvalue weighted by Crippen LogP contribution is -2.17. The lowest BCUT2D eigenvalue weighted by Gasteiger charge is -1.97. The van der Waals surface area contributed by atoms with Crippen LogP contribution in [0.3, 0.4) is 0 Å². The van der Waals surface area contributed by atoms with Crippen LogP contribution in [0.15, 0.2) is 0 Å². The van der Waals surface area contributed by atoms with Gasteiger partial charge in [-0.1, -0.05) is 13.3 Å². The maximum atomic E-state index is 5.42. The summed E-state index contributed by atoms with van der Waals surface area (Å²) in [6.07, 6.45) is 2.52. The standard InChI is InChI=1S/C6H14ClN/c1-2-3-5-8-6-4-7/h8H,2-6H2,1H3. The van der Waals surface area contributed by atoms with Crippen LogP contribution < -0.4 is 5.32 Å². The SMILES string of the molecule is CCCCNCCCl. The maximum absolute atomic E-state index is 5.42. The summed E-state index contributed by atoms with van der Waals surface area (Å²) in [7, 11) is 0. The molecular weight excluding hydrogens is 122 g/mol. The third kappa shape index (κ3) is 6.25. The first-order chi connectivity index (χ1) is 3.91. The molecule has 0 radical (unpaired) electrons. The molecule has 0 unspecified atom stereocenters. The molecule has 0 saturated heterocycles. The summed E-state index contributed by atoms with van der Waals surface area (Å²) < 4.78 is 0. The van der Waals surface area contributed by atoms with Crippen LogP contribution in [0.4, 0.5) is 0 Å². The molecule has 50 valence electrons. The number of rotatable bonds is 5. The molecule has 8 heavy (non-hydrogen) atoms. The summed E-state index contributed by atoms with van der Waals surface area (Å²) in [6.45, 7) is 4.24. The third-order valence-electron chi connectivity index (χ3n) is 0.978. The zero-order valence-corrected chi connectivity index (χ0v) is 6.17. The van der Waals surface area contributed by atoms with Gasteiger partial charge in [0.25, 0.3) is 0 Å². The number of nitrogens with one attached hydrogen (secondary N) is 1. The molecule has 0 aromatic heterocycles. The van der Waals surface area contributed by atoms with Crippen molar-refractivity contribution >= 4 is 11.6 Å². The highest BCUT2D eigenvalue weighted by Crippen LogP contribution is 1.81. The summed E-state index contributed by atoms with van der Waals surface area (Å²) in [5.41, 5.74) is 0. The summed E-state index contributed by atoms with van der Waals surface area (Å²) in [4.78, 5) is 0. The van der Waals surface area contributed by atoms with Crippen molar-refractivity contribution in [1.82, 2.24) is 5.32 Å². The highest BCUT2D eigenvalue weighted by atomic mass is 35.5. The second kappa shape index (κ2) is 7.25. The van der Waals surface area contributed by atoms with Crippen LogP contribution in [-0.2, 0) is 0 Å². The molecule has 0 aromatic carbocycles. The fraction of sp³-hybridized carbons (Fsp3) is 1.00. The lowest BCUT2D eigenvalue weighted by atomic mass is 10.3. The van der Waals surface area contributed by atoms with Crippen LogP contribution in [0.2, 0.25) is 0 Å². The van der Waals surface area contributed by atoms with Crippen molar-refractivity contribution in [2.75, 3.05) is 19.0 Å². The normalized spacial score (nSPS) is 9.75. The van der Waals surface area contributed by atoms with Crippen molar-refractivity contribution in [3.8, 4) is 0 Å². The molecule has 0 saturated carbocycles. The van der Waals surface area contributed by atoms with E-state index in [0.29, 0.717) is 0 Å². The van der Waals surface area contributed by atoms with Gasteiger partial charge < -0.3 is 5.32 Å². The van der Waals surface area contributed by atoms with E-state index in [1.165, 1.54) is 12.8 Å². The van der Waals surface area contributed by atoms with Crippen molar-refractivity contribution in [2.45, 2.75) is 19.8 Å². The second-order valence-corrected chi connectivity index (χ2v) is 2.17. The molecule has 0 aliphatic heterocycles. The van der Waals surface area contributed by atoms with Gasteiger partial charge in [-0.05, 0) is 13.0 Å². The fourth-order valence-corrected chi connectivity index (χ4v) is 0.627. The summed E-state index contributed by atoms with van der Waals surface area (Å²) >= 11 is 5.42. The number of alkyl halides is 1. The molecule has 2 heteroatoms. The highest BCUT2D eigenvalue weighted by molar-refractivity contribution is 6.18. The summed E-state index contributed by atoms with van der Waals surface area (Å²) in [5.74, 6) is 0.726. The van der Waals surface area contributed by atoms with Crippen LogP contribution in [0.5, 0.6) is 0 Å². The monoisotopic (exact) mass is 135 g/mol. The van der Waals surface area contributed by atoms with E-state index in [4.69, 9.17) is 11.6 Å². The van der Waals surface area contributed by atoms with E-state index in [9.17, 15) is 0 Å². The maximum Gasteiger partial charge on any atom is 0.0348 e. The van der Waals surface area contributed by atoms with Crippen LogP contribution >= 0.6 is 11.6 Å². The Hall–Kier alpha value is 0.250. The molecule has 1 N–H and O–H groups in total. The van der Waals surface area contributed by atoms with Crippen molar-refractivity contribution in [1.29, 1.82) is 0 Å². The van der Waals surface area contributed by atoms with Crippen molar-refractivity contribution in [3.05, 3.63) is 0 Å². The van der Waals surface area contributed by atoms with Gasteiger partial charge in [-0.2, -0.15) is 0 Å². The Morgan fingerprint density at radius 2 is 2.12 bits per heavy atom. The van der Waals surface area contributed by atoms with Crippen LogP contribution in [0.1, 0.15) is 19.8 Å². The van der Waals surface area contributed by atoms with Crippen molar-refractivity contribution < 1.29 is 0 Å². The molecule has 0 aliphatic rings. The predicted octanol–water partition coefficient (Wildman–Crippen LogP) is 1.61. The number of unbranched alkanes of at least 4 members (excludes halogenated alkanes) is 1.